The summed E-state index contributed by atoms with van der Waals surface area (Å²) < 4.78 is 1.02. The lowest BCUT2D eigenvalue weighted by molar-refractivity contribution is -0.104. The van der Waals surface area contributed by atoms with Crippen molar-refractivity contribution in [2.75, 3.05) is 0 Å². The first-order chi connectivity index (χ1) is 5.81. The van der Waals surface area contributed by atoms with Crippen LogP contribution in [0.5, 0.6) is 0 Å². The van der Waals surface area contributed by atoms with E-state index in [9.17, 15) is 4.79 Å². The lowest BCUT2D eigenvalue weighted by atomic mass is 9.99. The number of rotatable bonds is 1. The molecule has 0 atom stereocenters. The minimum absolute atomic E-state index is 0.676. The Labute approximate surface area is 78.5 Å². The Morgan fingerprint density at radius 3 is 3.17 bits per heavy atom. The van der Waals surface area contributed by atoms with Crippen LogP contribution in [0.2, 0.25) is 0 Å². The zero-order valence-corrected chi connectivity index (χ0v) is 7.84. The molecular formula is C9H6BrNO. The van der Waals surface area contributed by atoms with E-state index in [1.165, 1.54) is 0 Å². The molecule has 12 heavy (non-hydrogen) atoms. The van der Waals surface area contributed by atoms with Crippen LogP contribution >= 0.6 is 15.9 Å². The quantitative estimate of drug-likeness (QED) is 0.627. The number of aliphatic imine (C=N–C) groups is 1. The van der Waals surface area contributed by atoms with Crippen LogP contribution in [-0.2, 0) is 4.79 Å². The minimum atomic E-state index is 0.676. The van der Waals surface area contributed by atoms with Crippen molar-refractivity contribution in [2.45, 2.75) is 6.42 Å². The van der Waals surface area contributed by atoms with Gasteiger partial charge in [-0.2, -0.15) is 0 Å². The van der Waals surface area contributed by atoms with E-state index in [-0.39, 0.29) is 0 Å². The van der Waals surface area contributed by atoms with E-state index in [0.717, 1.165) is 28.5 Å². The number of carbonyl (C=O) groups is 1. The van der Waals surface area contributed by atoms with Crippen molar-refractivity contribution in [1.29, 1.82) is 0 Å². The maximum atomic E-state index is 10.6. The van der Waals surface area contributed by atoms with Crippen LogP contribution in [0.15, 0.2) is 39.0 Å². The van der Waals surface area contributed by atoms with Crippen molar-refractivity contribution in [3.05, 3.63) is 34.0 Å². The van der Waals surface area contributed by atoms with Gasteiger partial charge in [0, 0.05) is 28.2 Å². The first-order valence-corrected chi connectivity index (χ1v) is 4.40. The van der Waals surface area contributed by atoms with Gasteiger partial charge in [-0.15, -0.1) is 0 Å². The molecule has 1 aliphatic heterocycles. The molecule has 0 aromatic rings. The third kappa shape index (κ3) is 1.10. The van der Waals surface area contributed by atoms with Gasteiger partial charge in [0.2, 0.25) is 0 Å². The summed E-state index contributed by atoms with van der Waals surface area (Å²) in [6.45, 7) is 0. The van der Waals surface area contributed by atoms with Crippen molar-refractivity contribution in [3.63, 3.8) is 0 Å². The third-order valence-corrected chi connectivity index (χ3v) is 2.43. The van der Waals surface area contributed by atoms with Crippen LogP contribution < -0.4 is 0 Å². The van der Waals surface area contributed by atoms with Crippen molar-refractivity contribution in [3.8, 4) is 0 Å². The number of hydrogen-bond acceptors (Lipinski definition) is 2. The molecule has 0 bridgehead atoms. The fraction of sp³-hybridized carbons (Fsp3) is 0.111. The van der Waals surface area contributed by atoms with Crippen LogP contribution in [0.4, 0.5) is 0 Å². The van der Waals surface area contributed by atoms with E-state index in [1.54, 1.807) is 6.20 Å². The fourth-order valence-electron chi connectivity index (χ4n) is 1.27. The second kappa shape index (κ2) is 2.83. The smallest absolute Gasteiger partial charge is 0.152 e. The van der Waals surface area contributed by atoms with Gasteiger partial charge in [0.1, 0.15) is 0 Å². The maximum Gasteiger partial charge on any atom is 0.152 e. The van der Waals surface area contributed by atoms with E-state index < -0.39 is 0 Å². The minimum Gasteiger partial charge on any atom is -0.298 e. The topological polar surface area (TPSA) is 29.4 Å². The van der Waals surface area contributed by atoms with Crippen molar-refractivity contribution in [2.24, 2.45) is 4.99 Å². The van der Waals surface area contributed by atoms with Gasteiger partial charge in [-0.1, -0.05) is 22.0 Å². The number of allylic oxidation sites excluding steroid dienone is 5. The Balaban J connectivity index is 2.43. The Morgan fingerprint density at radius 2 is 2.42 bits per heavy atom. The summed E-state index contributed by atoms with van der Waals surface area (Å²) in [5.41, 5.74) is 2.62. The number of nitrogens with zero attached hydrogens (tertiary/aromatic N) is 1. The Hall–Kier alpha value is -0.960. The highest BCUT2D eigenvalue weighted by Crippen LogP contribution is 2.27. The third-order valence-electron chi connectivity index (χ3n) is 1.88. The molecule has 2 aliphatic rings. The van der Waals surface area contributed by atoms with Crippen LogP contribution in [0.1, 0.15) is 6.42 Å². The van der Waals surface area contributed by atoms with Crippen molar-refractivity contribution >= 4 is 27.9 Å². The molecule has 2 rings (SSSR count). The molecular weight excluding hydrogens is 218 g/mol. The van der Waals surface area contributed by atoms with Gasteiger partial charge in [-0.25, -0.2) is 0 Å². The predicted octanol–water partition coefficient (Wildman–Crippen LogP) is 2.13. The average molecular weight is 224 g/mol. The fourth-order valence-corrected chi connectivity index (χ4v) is 1.66. The van der Waals surface area contributed by atoms with Gasteiger partial charge < -0.3 is 0 Å². The van der Waals surface area contributed by atoms with Gasteiger partial charge in [0.25, 0.3) is 0 Å². The summed E-state index contributed by atoms with van der Waals surface area (Å²) in [6, 6.07) is 0. The number of carbonyl (C=O) groups excluding carboxylic acids is 1. The summed E-state index contributed by atoms with van der Waals surface area (Å²) in [5.74, 6) is 0. The molecule has 2 nitrogen and oxygen atoms in total. The molecule has 0 unspecified atom stereocenters. The van der Waals surface area contributed by atoms with E-state index in [1.807, 2.05) is 12.2 Å². The molecule has 1 heterocycles. The van der Waals surface area contributed by atoms with Gasteiger partial charge in [-0.05, 0) is 6.08 Å². The molecule has 0 saturated heterocycles. The molecule has 0 N–H and O–H groups in total. The normalized spacial score (nSPS) is 20.4. The summed E-state index contributed by atoms with van der Waals surface area (Å²) in [7, 11) is 0. The standard InChI is InChI=1S/C9H6BrNO/c10-7-1-2-9-8(3-7)6(5-12)4-11-9/h1,3-5H,2H2. The van der Waals surface area contributed by atoms with Crippen LogP contribution in [-0.4, -0.2) is 12.0 Å². The summed E-state index contributed by atoms with van der Waals surface area (Å²) in [5, 5.41) is 0. The maximum absolute atomic E-state index is 10.6. The Bertz CT molecular complexity index is 361. The van der Waals surface area contributed by atoms with Crippen LogP contribution in [0, 0.1) is 0 Å². The molecule has 60 valence electrons. The first-order valence-electron chi connectivity index (χ1n) is 3.61. The molecule has 3 heteroatoms. The van der Waals surface area contributed by atoms with Gasteiger partial charge in [0.05, 0.1) is 5.71 Å². The first kappa shape index (κ1) is 7.68. The van der Waals surface area contributed by atoms with E-state index in [2.05, 4.69) is 20.9 Å². The zero-order chi connectivity index (χ0) is 8.55. The molecule has 0 fully saturated rings. The lowest BCUT2D eigenvalue weighted by Gasteiger charge is -2.07. The molecule has 0 spiro atoms. The highest BCUT2D eigenvalue weighted by atomic mass is 79.9. The molecule has 1 aliphatic carbocycles. The highest BCUT2D eigenvalue weighted by molar-refractivity contribution is 9.11. The average Bonchev–Trinajstić information content (AvgIpc) is 2.46. The summed E-state index contributed by atoms with van der Waals surface area (Å²) >= 11 is 3.37. The summed E-state index contributed by atoms with van der Waals surface area (Å²) in [4.78, 5) is 14.7. The lowest BCUT2D eigenvalue weighted by Crippen LogP contribution is -2.04. The van der Waals surface area contributed by atoms with Crippen LogP contribution in [0.25, 0.3) is 0 Å². The largest absolute Gasteiger partial charge is 0.298 e. The van der Waals surface area contributed by atoms with Gasteiger partial charge in [-0.3, -0.25) is 9.79 Å². The number of aldehydes is 1. The van der Waals surface area contributed by atoms with Crippen molar-refractivity contribution < 1.29 is 4.79 Å². The van der Waals surface area contributed by atoms with E-state index >= 15 is 0 Å². The number of fused-ring (bicyclic) bond motifs is 1. The van der Waals surface area contributed by atoms with Gasteiger partial charge in [0.15, 0.2) is 6.29 Å². The second-order valence-corrected chi connectivity index (χ2v) is 3.54. The number of halogens is 1. The zero-order valence-electron chi connectivity index (χ0n) is 6.25. The highest BCUT2D eigenvalue weighted by Gasteiger charge is 2.18. The Kier molecular flexibility index (Phi) is 1.81. The molecule has 0 saturated carbocycles. The van der Waals surface area contributed by atoms with E-state index in [4.69, 9.17) is 0 Å². The monoisotopic (exact) mass is 223 g/mol. The Morgan fingerprint density at radius 1 is 1.58 bits per heavy atom. The van der Waals surface area contributed by atoms with Gasteiger partial charge >= 0.3 is 0 Å². The predicted molar refractivity (Wildman–Crippen MR) is 51.3 cm³/mol. The van der Waals surface area contributed by atoms with Crippen LogP contribution in [0.3, 0.4) is 0 Å². The number of hydrogen-bond donors (Lipinski definition) is 0. The second-order valence-electron chi connectivity index (χ2n) is 2.63. The molecule has 0 aromatic heterocycles. The summed E-state index contributed by atoms with van der Waals surface area (Å²) in [6.07, 6.45) is 7.22. The molecule has 0 radical (unpaired) electrons. The molecule has 0 aromatic carbocycles. The molecule has 0 amide bonds. The van der Waals surface area contributed by atoms with Crippen molar-refractivity contribution in [1.82, 2.24) is 0 Å². The SMILES string of the molecule is O=CC1=CN=C2CC=C(Br)C=C12. The van der Waals surface area contributed by atoms with E-state index in [0.29, 0.717) is 5.57 Å².